The second-order valence-corrected chi connectivity index (χ2v) is 7.49. The van der Waals surface area contributed by atoms with Crippen LogP contribution in [0.1, 0.15) is 27.7 Å². The van der Waals surface area contributed by atoms with Crippen LogP contribution in [0.2, 0.25) is 0 Å². The number of hydrogen-bond donors (Lipinski definition) is 3. The maximum absolute atomic E-state index is 12.2. The van der Waals surface area contributed by atoms with Crippen molar-refractivity contribution in [1.29, 1.82) is 0 Å². The molecular formula is C14H24N2O3S. The van der Waals surface area contributed by atoms with E-state index in [-0.39, 0.29) is 22.3 Å². The van der Waals surface area contributed by atoms with Crippen LogP contribution in [0.15, 0.2) is 23.1 Å². The SMILES string of the molecule is CC(C)C(CNS(=O)(=O)c1ccc(O)c(N)c1)C(C)C. The molecule has 1 rings (SSSR count). The molecule has 0 aliphatic carbocycles. The summed E-state index contributed by atoms with van der Waals surface area (Å²) in [4.78, 5) is 0.0686. The Labute approximate surface area is 121 Å². The summed E-state index contributed by atoms with van der Waals surface area (Å²) >= 11 is 0. The standard InChI is InChI=1S/C14H24N2O3S/c1-9(2)12(10(3)4)8-16-20(18,19)11-5-6-14(17)13(15)7-11/h5-7,9-10,12,16-17H,8,15H2,1-4H3. The molecule has 6 heteroatoms. The number of sulfonamides is 1. The number of hydrogen-bond acceptors (Lipinski definition) is 4. The number of rotatable bonds is 6. The van der Waals surface area contributed by atoms with Gasteiger partial charge in [-0.1, -0.05) is 27.7 Å². The monoisotopic (exact) mass is 300 g/mol. The van der Waals surface area contributed by atoms with Crippen molar-refractivity contribution >= 4 is 15.7 Å². The van der Waals surface area contributed by atoms with Crippen LogP contribution in [0.3, 0.4) is 0 Å². The number of benzene rings is 1. The first kappa shape index (κ1) is 16.8. The Hall–Kier alpha value is -1.27. The van der Waals surface area contributed by atoms with E-state index < -0.39 is 10.0 Å². The molecule has 0 unspecified atom stereocenters. The van der Waals surface area contributed by atoms with Gasteiger partial charge in [0.2, 0.25) is 10.0 Å². The smallest absolute Gasteiger partial charge is 0.240 e. The number of nitrogens with two attached hydrogens (primary N) is 1. The third kappa shape index (κ3) is 4.11. The van der Waals surface area contributed by atoms with Crippen molar-refractivity contribution in [2.75, 3.05) is 12.3 Å². The highest BCUT2D eigenvalue weighted by atomic mass is 32.2. The van der Waals surface area contributed by atoms with Gasteiger partial charge in [-0.15, -0.1) is 0 Å². The van der Waals surface area contributed by atoms with E-state index in [9.17, 15) is 13.5 Å². The zero-order valence-corrected chi connectivity index (χ0v) is 13.2. The molecule has 0 fully saturated rings. The summed E-state index contributed by atoms with van der Waals surface area (Å²) in [6, 6.07) is 3.89. The molecule has 0 aromatic heterocycles. The number of phenols is 1. The third-order valence-corrected chi connectivity index (χ3v) is 4.95. The Morgan fingerprint density at radius 3 is 2.20 bits per heavy atom. The molecule has 0 saturated carbocycles. The van der Waals surface area contributed by atoms with Crippen LogP contribution in [0, 0.1) is 17.8 Å². The highest BCUT2D eigenvalue weighted by Gasteiger charge is 2.21. The van der Waals surface area contributed by atoms with Gasteiger partial charge in [0.25, 0.3) is 0 Å². The van der Waals surface area contributed by atoms with Gasteiger partial charge in [0.15, 0.2) is 0 Å². The molecule has 4 N–H and O–H groups in total. The largest absolute Gasteiger partial charge is 0.506 e. The fourth-order valence-corrected chi connectivity index (χ4v) is 3.34. The van der Waals surface area contributed by atoms with Crippen molar-refractivity contribution in [2.24, 2.45) is 17.8 Å². The predicted molar refractivity (Wildman–Crippen MR) is 80.9 cm³/mol. The first-order valence-electron chi connectivity index (χ1n) is 6.73. The molecular weight excluding hydrogens is 276 g/mol. The molecule has 1 aromatic rings. The minimum absolute atomic E-state index is 0.0529. The Kier molecular flexibility index (Phi) is 5.42. The zero-order valence-electron chi connectivity index (χ0n) is 12.4. The summed E-state index contributed by atoms with van der Waals surface area (Å²) in [5.74, 6) is 0.926. The van der Waals surface area contributed by atoms with Gasteiger partial charge < -0.3 is 10.8 Å². The van der Waals surface area contributed by atoms with Crippen molar-refractivity contribution in [3.63, 3.8) is 0 Å². The van der Waals surface area contributed by atoms with E-state index in [1.54, 1.807) is 0 Å². The van der Waals surface area contributed by atoms with Gasteiger partial charge in [-0.05, 0) is 36.0 Å². The Morgan fingerprint density at radius 2 is 1.75 bits per heavy atom. The number of anilines is 1. The highest BCUT2D eigenvalue weighted by Crippen LogP contribution is 2.24. The quantitative estimate of drug-likeness (QED) is 0.554. The molecule has 0 atom stereocenters. The van der Waals surface area contributed by atoms with Gasteiger partial charge in [0, 0.05) is 6.54 Å². The molecule has 20 heavy (non-hydrogen) atoms. The van der Waals surface area contributed by atoms with Crippen LogP contribution in [-0.2, 0) is 10.0 Å². The molecule has 0 radical (unpaired) electrons. The summed E-state index contributed by atoms with van der Waals surface area (Å²) < 4.78 is 27.0. The Morgan fingerprint density at radius 1 is 1.20 bits per heavy atom. The average Bonchev–Trinajstić information content (AvgIpc) is 2.31. The van der Waals surface area contributed by atoms with Gasteiger partial charge in [0.1, 0.15) is 5.75 Å². The molecule has 1 aromatic carbocycles. The molecule has 0 heterocycles. The molecule has 114 valence electrons. The van der Waals surface area contributed by atoms with E-state index in [1.807, 2.05) is 0 Å². The highest BCUT2D eigenvalue weighted by molar-refractivity contribution is 7.89. The van der Waals surface area contributed by atoms with Crippen LogP contribution in [0.4, 0.5) is 5.69 Å². The third-order valence-electron chi connectivity index (χ3n) is 3.53. The second kappa shape index (κ2) is 6.45. The van der Waals surface area contributed by atoms with Crippen LogP contribution >= 0.6 is 0 Å². The van der Waals surface area contributed by atoms with Crippen molar-refractivity contribution < 1.29 is 13.5 Å². The summed E-state index contributed by atoms with van der Waals surface area (Å²) in [5.41, 5.74) is 5.58. The molecule has 0 amide bonds. The first-order valence-corrected chi connectivity index (χ1v) is 8.21. The molecule has 0 spiro atoms. The van der Waals surface area contributed by atoms with Crippen molar-refractivity contribution in [1.82, 2.24) is 4.72 Å². The number of phenolic OH excluding ortho intramolecular Hbond substituents is 1. The molecule has 0 aliphatic rings. The lowest BCUT2D eigenvalue weighted by Gasteiger charge is -2.25. The molecule has 0 aliphatic heterocycles. The number of aromatic hydroxyl groups is 1. The normalized spacial score (nSPS) is 12.6. The van der Waals surface area contributed by atoms with E-state index in [0.717, 1.165) is 0 Å². The first-order chi connectivity index (χ1) is 9.15. The summed E-state index contributed by atoms with van der Waals surface area (Å²) in [6.07, 6.45) is 0. The van der Waals surface area contributed by atoms with E-state index in [0.29, 0.717) is 18.4 Å². The van der Waals surface area contributed by atoms with Gasteiger partial charge >= 0.3 is 0 Å². The maximum Gasteiger partial charge on any atom is 0.240 e. The lowest BCUT2D eigenvalue weighted by Crippen LogP contribution is -2.34. The van der Waals surface area contributed by atoms with Gasteiger partial charge in [-0.2, -0.15) is 0 Å². The van der Waals surface area contributed by atoms with Crippen molar-refractivity contribution in [3.8, 4) is 5.75 Å². The summed E-state index contributed by atoms with van der Waals surface area (Å²) in [7, 11) is -3.60. The average molecular weight is 300 g/mol. The summed E-state index contributed by atoms with van der Waals surface area (Å²) in [6.45, 7) is 8.71. The lowest BCUT2D eigenvalue weighted by atomic mass is 9.86. The molecule has 0 bridgehead atoms. The van der Waals surface area contributed by atoms with Gasteiger partial charge in [-0.25, -0.2) is 13.1 Å². The minimum atomic E-state index is -3.60. The maximum atomic E-state index is 12.2. The van der Waals surface area contributed by atoms with E-state index in [1.165, 1.54) is 18.2 Å². The minimum Gasteiger partial charge on any atom is -0.506 e. The van der Waals surface area contributed by atoms with Crippen LogP contribution in [-0.4, -0.2) is 20.1 Å². The predicted octanol–water partition coefficient (Wildman–Crippen LogP) is 2.18. The fraction of sp³-hybridized carbons (Fsp3) is 0.571. The Bertz CT molecular complexity index is 546. The lowest BCUT2D eigenvalue weighted by molar-refractivity contribution is 0.289. The number of nitrogen functional groups attached to an aromatic ring is 1. The van der Waals surface area contributed by atoms with Gasteiger partial charge in [-0.3, -0.25) is 0 Å². The topological polar surface area (TPSA) is 92.4 Å². The van der Waals surface area contributed by atoms with E-state index in [4.69, 9.17) is 5.73 Å². The molecule has 0 saturated heterocycles. The van der Waals surface area contributed by atoms with Gasteiger partial charge in [0.05, 0.1) is 10.6 Å². The Balaban J connectivity index is 2.87. The number of nitrogens with one attached hydrogen (secondary N) is 1. The van der Waals surface area contributed by atoms with Crippen LogP contribution < -0.4 is 10.5 Å². The van der Waals surface area contributed by atoms with Crippen LogP contribution in [0.25, 0.3) is 0 Å². The van der Waals surface area contributed by atoms with Crippen molar-refractivity contribution in [3.05, 3.63) is 18.2 Å². The molecule has 5 nitrogen and oxygen atoms in total. The summed E-state index contributed by atoms with van der Waals surface area (Å²) in [5, 5.41) is 9.33. The van der Waals surface area contributed by atoms with Crippen molar-refractivity contribution in [2.45, 2.75) is 32.6 Å². The van der Waals surface area contributed by atoms with E-state index >= 15 is 0 Å². The van der Waals surface area contributed by atoms with Crippen LogP contribution in [0.5, 0.6) is 5.75 Å². The zero-order chi connectivity index (χ0) is 15.5. The van der Waals surface area contributed by atoms with E-state index in [2.05, 4.69) is 32.4 Å². The fourth-order valence-electron chi connectivity index (χ4n) is 2.23. The second-order valence-electron chi connectivity index (χ2n) is 5.72.